The van der Waals surface area contributed by atoms with Gasteiger partial charge in [-0.25, -0.2) is 0 Å². The summed E-state index contributed by atoms with van der Waals surface area (Å²) in [6.07, 6.45) is 3.19. The van der Waals surface area contributed by atoms with Gasteiger partial charge in [-0.15, -0.1) is 0 Å². The number of rotatable bonds is 9. The lowest BCUT2D eigenvalue weighted by Gasteiger charge is -2.13. The molecule has 180 valence electrons. The minimum Gasteiger partial charge on any atom is -0.493 e. The number of thiocarbonyl (C=S) groups is 1. The number of hydrogen-bond donors (Lipinski definition) is 0. The molecule has 1 aliphatic rings. The van der Waals surface area contributed by atoms with Gasteiger partial charge in [0.15, 0.2) is 27.3 Å². The van der Waals surface area contributed by atoms with E-state index in [9.17, 15) is 4.79 Å². The first-order valence-corrected chi connectivity index (χ1v) is 11.0. The van der Waals surface area contributed by atoms with Crippen LogP contribution >= 0.6 is 24.0 Å². The highest BCUT2D eigenvalue weighted by Gasteiger charge is 2.32. The SMILES string of the molecule is COc1cc(/C=N\N2C(=O)/C(=C/c3cc(OC)c(OC)c(OC)c3)SC2=S)cc(OC)c1OC. The molecule has 0 radical (unpaired) electrons. The Labute approximate surface area is 207 Å². The third kappa shape index (κ3) is 5.05. The van der Waals surface area contributed by atoms with Gasteiger partial charge < -0.3 is 28.4 Å². The lowest BCUT2D eigenvalue weighted by Crippen LogP contribution is -2.22. The first-order valence-electron chi connectivity index (χ1n) is 9.82. The standard InChI is InChI=1S/C23H24N2O7S2/c1-27-15-7-13(8-16(28-2)20(15)31-5)11-19-22(26)25(23(33)34-19)24-12-14-9-17(29-3)21(32-6)18(10-14)30-4/h7-12H,1-6H3/b19-11-,24-12-. The smallest absolute Gasteiger partial charge is 0.286 e. The fraction of sp³-hybridized carbons (Fsp3) is 0.261. The number of thioether (sulfide) groups is 1. The van der Waals surface area contributed by atoms with Crippen LogP contribution in [0.15, 0.2) is 34.3 Å². The van der Waals surface area contributed by atoms with E-state index in [2.05, 4.69) is 5.10 Å². The van der Waals surface area contributed by atoms with Crippen LogP contribution in [-0.2, 0) is 4.79 Å². The van der Waals surface area contributed by atoms with Crippen molar-refractivity contribution in [3.8, 4) is 34.5 Å². The van der Waals surface area contributed by atoms with Gasteiger partial charge >= 0.3 is 0 Å². The van der Waals surface area contributed by atoms with Crippen molar-refractivity contribution in [3.63, 3.8) is 0 Å². The summed E-state index contributed by atoms with van der Waals surface area (Å²) in [5, 5.41) is 5.44. The van der Waals surface area contributed by atoms with Crippen LogP contribution in [0.3, 0.4) is 0 Å². The van der Waals surface area contributed by atoms with E-state index in [0.717, 1.165) is 16.8 Å². The Balaban J connectivity index is 1.90. The highest BCUT2D eigenvalue weighted by molar-refractivity contribution is 8.26. The minimum absolute atomic E-state index is 0.299. The third-order valence-electron chi connectivity index (χ3n) is 4.77. The van der Waals surface area contributed by atoms with Crippen LogP contribution in [0.4, 0.5) is 0 Å². The summed E-state index contributed by atoms with van der Waals surface area (Å²) in [6, 6.07) is 6.92. The fourth-order valence-corrected chi connectivity index (χ4v) is 4.37. The molecule has 0 aromatic heterocycles. The second-order valence-corrected chi connectivity index (χ2v) is 8.33. The van der Waals surface area contributed by atoms with Crippen molar-refractivity contribution in [3.05, 3.63) is 40.3 Å². The summed E-state index contributed by atoms with van der Waals surface area (Å²) in [6.45, 7) is 0. The summed E-state index contributed by atoms with van der Waals surface area (Å²) < 4.78 is 32.4. The van der Waals surface area contributed by atoms with Gasteiger partial charge in [-0.3, -0.25) is 4.79 Å². The van der Waals surface area contributed by atoms with Crippen molar-refractivity contribution >= 4 is 46.5 Å². The maximum atomic E-state index is 13.0. The summed E-state index contributed by atoms with van der Waals surface area (Å²) in [4.78, 5) is 13.4. The number of hydrazone groups is 1. The molecule has 0 saturated carbocycles. The maximum absolute atomic E-state index is 13.0. The molecule has 0 unspecified atom stereocenters. The Morgan fingerprint density at radius 1 is 0.765 bits per heavy atom. The average molecular weight is 505 g/mol. The van der Waals surface area contributed by atoms with Gasteiger partial charge in [0.05, 0.1) is 53.8 Å². The van der Waals surface area contributed by atoms with Gasteiger partial charge in [0.2, 0.25) is 11.5 Å². The normalized spacial score (nSPS) is 14.6. The van der Waals surface area contributed by atoms with Gasteiger partial charge in [-0.2, -0.15) is 10.1 Å². The highest BCUT2D eigenvalue weighted by atomic mass is 32.2. The number of ether oxygens (including phenoxy) is 6. The fourth-order valence-electron chi connectivity index (χ4n) is 3.20. The van der Waals surface area contributed by atoms with Crippen LogP contribution in [0.1, 0.15) is 11.1 Å². The van der Waals surface area contributed by atoms with Crippen molar-refractivity contribution in [1.82, 2.24) is 5.01 Å². The summed E-state index contributed by atoms with van der Waals surface area (Å²) in [5.74, 6) is 2.46. The maximum Gasteiger partial charge on any atom is 0.286 e. The Bertz CT molecular complexity index is 1110. The predicted molar refractivity (Wildman–Crippen MR) is 135 cm³/mol. The Hall–Kier alpha value is -3.44. The molecule has 1 fully saturated rings. The van der Waals surface area contributed by atoms with Crippen molar-refractivity contribution in [2.24, 2.45) is 5.10 Å². The number of amides is 1. The van der Waals surface area contributed by atoms with Crippen LogP contribution in [0.5, 0.6) is 34.5 Å². The number of nitrogens with zero attached hydrogens (tertiary/aromatic N) is 2. The molecule has 1 saturated heterocycles. The molecule has 3 rings (SSSR count). The first-order chi connectivity index (χ1) is 16.4. The number of benzene rings is 2. The Morgan fingerprint density at radius 3 is 1.62 bits per heavy atom. The van der Waals surface area contributed by atoms with Crippen LogP contribution < -0.4 is 28.4 Å². The third-order valence-corrected chi connectivity index (χ3v) is 6.05. The molecule has 0 N–H and O–H groups in total. The molecule has 2 aromatic rings. The van der Waals surface area contributed by atoms with Crippen LogP contribution in [0, 0.1) is 0 Å². The van der Waals surface area contributed by atoms with E-state index in [4.69, 9.17) is 40.6 Å². The predicted octanol–water partition coefficient (Wildman–Crippen LogP) is 3.97. The van der Waals surface area contributed by atoms with E-state index < -0.39 is 0 Å². The molecule has 0 atom stereocenters. The molecular weight excluding hydrogens is 480 g/mol. The van der Waals surface area contributed by atoms with Crippen molar-refractivity contribution < 1.29 is 33.2 Å². The van der Waals surface area contributed by atoms with Gasteiger partial charge in [0.25, 0.3) is 5.91 Å². The second-order valence-electron chi connectivity index (χ2n) is 6.66. The lowest BCUT2D eigenvalue weighted by molar-refractivity contribution is -0.122. The van der Waals surface area contributed by atoms with Crippen molar-refractivity contribution in [2.45, 2.75) is 0 Å². The van der Waals surface area contributed by atoms with E-state index in [1.165, 1.54) is 48.9 Å². The molecule has 34 heavy (non-hydrogen) atoms. The van der Waals surface area contributed by atoms with Gasteiger partial charge in [0, 0.05) is 5.56 Å². The molecule has 0 spiro atoms. The van der Waals surface area contributed by atoms with Crippen LogP contribution in [-0.4, -0.2) is 64.1 Å². The van der Waals surface area contributed by atoms with Gasteiger partial charge in [-0.05, 0) is 48.1 Å². The number of carbonyl (C=O) groups excluding carboxylic acids is 1. The molecule has 1 amide bonds. The first kappa shape index (κ1) is 25.2. The minimum atomic E-state index is -0.354. The zero-order valence-electron chi connectivity index (χ0n) is 19.5. The van der Waals surface area contributed by atoms with Gasteiger partial charge in [0.1, 0.15) is 0 Å². The molecule has 11 heteroatoms. The molecule has 0 aliphatic carbocycles. The monoisotopic (exact) mass is 504 g/mol. The molecule has 2 aromatic carbocycles. The van der Waals surface area contributed by atoms with Gasteiger partial charge in [-0.1, -0.05) is 11.8 Å². The summed E-state index contributed by atoms with van der Waals surface area (Å²) >= 11 is 6.52. The van der Waals surface area contributed by atoms with Crippen molar-refractivity contribution in [2.75, 3.05) is 42.7 Å². The molecule has 1 aliphatic heterocycles. The van der Waals surface area contributed by atoms with Crippen molar-refractivity contribution in [1.29, 1.82) is 0 Å². The largest absolute Gasteiger partial charge is 0.493 e. The topological polar surface area (TPSA) is 88.1 Å². The second kappa shape index (κ2) is 11.1. The highest BCUT2D eigenvalue weighted by Crippen LogP contribution is 2.41. The summed E-state index contributed by atoms with van der Waals surface area (Å²) in [7, 11) is 9.14. The zero-order valence-corrected chi connectivity index (χ0v) is 21.2. The van der Waals surface area contributed by atoms with E-state index in [-0.39, 0.29) is 5.91 Å². The summed E-state index contributed by atoms with van der Waals surface area (Å²) in [5.41, 5.74) is 1.32. The Morgan fingerprint density at radius 2 is 1.21 bits per heavy atom. The van der Waals surface area contributed by atoms with E-state index >= 15 is 0 Å². The molecule has 0 bridgehead atoms. The van der Waals surface area contributed by atoms with E-state index in [0.29, 0.717) is 54.8 Å². The molecule has 9 nitrogen and oxygen atoms in total. The number of methoxy groups -OCH3 is 6. The molecular formula is C23H24N2O7S2. The van der Waals surface area contributed by atoms with Crippen LogP contribution in [0.25, 0.3) is 6.08 Å². The Kier molecular flexibility index (Phi) is 8.24. The quantitative estimate of drug-likeness (QED) is 0.286. The van der Waals surface area contributed by atoms with E-state index in [1.807, 2.05) is 0 Å². The molecule has 1 heterocycles. The average Bonchev–Trinajstić information content (AvgIpc) is 3.12. The van der Waals surface area contributed by atoms with E-state index in [1.54, 1.807) is 30.3 Å². The number of hydrogen-bond acceptors (Lipinski definition) is 10. The number of carbonyl (C=O) groups is 1. The zero-order chi connectivity index (χ0) is 24.8. The van der Waals surface area contributed by atoms with Crippen LogP contribution in [0.2, 0.25) is 0 Å². The lowest BCUT2D eigenvalue weighted by atomic mass is 10.1.